The lowest BCUT2D eigenvalue weighted by molar-refractivity contribution is -0.133. The Bertz CT molecular complexity index is 278. The van der Waals surface area contributed by atoms with Gasteiger partial charge in [-0.25, -0.2) is 0 Å². The first-order valence-corrected chi connectivity index (χ1v) is 5.17. The van der Waals surface area contributed by atoms with Crippen LogP contribution in [0.25, 0.3) is 0 Å². The minimum absolute atomic E-state index is 0.0116. The van der Waals surface area contributed by atoms with Gasteiger partial charge in [-0.1, -0.05) is 0 Å². The summed E-state index contributed by atoms with van der Waals surface area (Å²) in [5, 5.41) is 2.63. The molecule has 5 heteroatoms. The first-order valence-electron chi connectivity index (χ1n) is 5.17. The summed E-state index contributed by atoms with van der Waals surface area (Å²) >= 11 is 0. The molecule has 1 rings (SSSR count). The second-order valence-corrected chi connectivity index (χ2v) is 4.44. The molecule has 0 aromatic rings. The van der Waals surface area contributed by atoms with Gasteiger partial charge >= 0.3 is 0 Å². The molecule has 1 heterocycles. The van der Waals surface area contributed by atoms with Crippen LogP contribution in [-0.4, -0.2) is 42.9 Å². The molecule has 0 aromatic heterocycles. The van der Waals surface area contributed by atoms with Gasteiger partial charge in [0.05, 0.1) is 11.5 Å². The highest BCUT2D eigenvalue weighted by Crippen LogP contribution is 2.30. The van der Waals surface area contributed by atoms with E-state index in [-0.39, 0.29) is 11.8 Å². The van der Waals surface area contributed by atoms with Crippen LogP contribution in [0.1, 0.15) is 20.3 Å². The van der Waals surface area contributed by atoms with Gasteiger partial charge in [0.15, 0.2) is 0 Å². The maximum absolute atomic E-state index is 11.6. The van der Waals surface area contributed by atoms with E-state index in [4.69, 9.17) is 5.73 Å². The van der Waals surface area contributed by atoms with E-state index in [2.05, 4.69) is 5.32 Å². The lowest BCUT2D eigenvalue weighted by Crippen LogP contribution is -2.44. The Morgan fingerprint density at radius 2 is 2.13 bits per heavy atom. The van der Waals surface area contributed by atoms with Gasteiger partial charge < -0.3 is 16.0 Å². The number of rotatable bonds is 2. The van der Waals surface area contributed by atoms with Crippen LogP contribution >= 0.6 is 0 Å². The van der Waals surface area contributed by atoms with E-state index in [0.717, 1.165) is 0 Å². The molecule has 0 aromatic carbocycles. The van der Waals surface area contributed by atoms with Crippen molar-refractivity contribution < 1.29 is 9.59 Å². The quantitative estimate of drug-likeness (QED) is 0.638. The third-order valence-corrected chi connectivity index (χ3v) is 2.95. The monoisotopic (exact) mass is 213 g/mol. The highest BCUT2D eigenvalue weighted by Gasteiger charge is 2.41. The molecule has 1 aliphatic heterocycles. The molecule has 2 unspecified atom stereocenters. The van der Waals surface area contributed by atoms with Crippen molar-refractivity contribution in [3.8, 4) is 0 Å². The molecule has 0 bridgehead atoms. The summed E-state index contributed by atoms with van der Waals surface area (Å²) in [4.78, 5) is 24.9. The van der Waals surface area contributed by atoms with E-state index in [1.807, 2.05) is 6.92 Å². The number of nitrogens with zero attached hydrogens (tertiary/aromatic N) is 1. The molecule has 1 fully saturated rings. The molecule has 1 aliphatic rings. The summed E-state index contributed by atoms with van der Waals surface area (Å²) in [7, 11) is 1.61. The van der Waals surface area contributed by atoms with Crippen molar-refractivity contribution in [2.75, 3.05) is 20.1 Å². The van der Waals surface area contributed by atoms with Crippen LogP contribution in [0, 0.1) is 5.41 Å². The second kappa shape index (κ2) is 4.18. The van der Waals surface area contributed by atoms with Crippen LogP contribution in [0.2, 0.25) is 0 Å². The normalized spacial score (nSPS) is 27.6. The summed E-state index contributed by atoms with van der Waals surface area (Å²) in [5.41, 5.74) is 5.06. The second-order valence-electron chi connectivity index (χ2n) is 4.44. The molecule has 86 valence electrons. The molecule has 5 nitrogen and oxygen atoms in total. The molecular weight excluding hydrogens is 194 g/mol. The van der Waals surface area contributed by atoms with Crippen molar-refractivity contribution in [2.45, 2.75) is 26.3 Å². The Morgan fingerprint density at radius 1 is 1.53 bits per heavy atom. The number of nitrogens with two attached hydrogens (primary N) is 1. The van der Waals surface area contributed by atoms with Crippen molar-refractivity contribution in [3.63, 3.8) is 0 Å². The fourth-order valence-electron chi connectivity index (χ4n) is 1.92. The van der Waals surface area contributed by atoms with Crippen LogP contribution in [0.15, 0.2) is 0 Å². The summed E-state index contributed by atoms with van der Waals surface area (Å²) < 4.78 is 0. The smallest absolute Gasteiger partial charge is 0.239 e. The Balaban J connectivity index is 2.66. The van der Waals surface area contributed by atoms with Crippen molar-refractivity contribution in [2.24, 2.45) is 11.1 Å². The Labute approximate surface area is 90.0 Å². The lowest BCUT2D eigenvalue weighted by Gasteiger charge is -2.23. The van der Waals surface area contributed by atoms with Gasteiger partial charge in [-0.3, -0.25) is 9.59 Å². The zero-order chi connectivity index (χ0) is 11.6. The maximum Gasteiger partial charge on any atom is 0.239 e. The van der Waals surface area contributed by atoms with Crippen LogP contribution in [-0.2, 0) is 9.59 Å². The van der Waals surface area contributed by atoms with Gasteiger partial charge in [-0.2, -0.15) is 0 Å². The molecule has 0 radical (unpaired) electrons. The molecule has 2 atom stereocenters. The average Bonchev–Trinajstić information content (AvgIpc) is 2.59. The molecule has 3 N–H and O–H groups in total. The van der Waals surface area contributed by atoms with E-state index >= 15 is 0 Å². The highest BCUT2D eigenvalue weighted by molar-refractivity contribution is 5.86. The van der Waals surface area contributed by atoms with Crippen LogP contribution in [0.5, 0.6) is 0 Å². The molecule has 0 spiro atoms. The van der Waals surface area contributed by atoms with Crippen molar-refractivity contribution >= 4 is 11.8 Å². The topological polar surface area (TPSA) is 75.4 Å². The number of nitrogens with one attached hydrogen (secondary N) is 1. The van der Waals surface area contributed by atoms with Crippen LogP contribution in [0.4, 0.5) is 0 Å². The van der Waals surface area contributed by atoms with Gasteiger partial charge in [-0.15, -0.1) is 0 Å². The van der Waals surface area contributed by atoms with Crippen LogP contribution < -0.4 is 11.1 Å². The molecular formula is C10H19N3O2. The molecule has 2 amide bonds. The fourth-order valence-corrected chi connectivity index (χ4v) is 1.92. The van der Waals surface area contributed by atoms with Crippen molar-refractivity contribution in [1.29, 1.82) is 0 Å². The van der Waals surface area contributed by atoms with Gasteiger partial charge in [0, 0.05) is 20.1 Å². The predicted octanol–water partition coefficient (Wildman–Crippen LogP) is -0.682. The number of hydrogen-bond donors (Lipinski definition) is 2. The molecule has 0 saturated carbocycles. The summed E-state index contributed by atoms with van der Waals surface area (Å²) in [6.45, 7) is 4.62. The first-order chi connectivity index (χ1) is 6.90. The van der Waals surface area contributed by atoms with Gasteiger partial charge in [0.2, 0.25) is 11.8 Å². The minimum atomic E-state index is -0.489. The third-order valence-electron chi connectivity index (χ3n) is 2.95. The summed E-state index contributed by atoms with van der Waals surface area (Å²) in [6.07, 6.45) is 0.700. The van der Waals surface area contributed by atoms with E-state index in [0.29, 0.717) is 19.5 Å². The summed E-state index contributed by atoms with van der Waals surface area (Å²) in [5.74, 6) is -0.0925. The molecule has 1 saturated heterocycles. The van der Waals surface area contributed by atoms with E-state index < -0.39 is 11.5 Å². The lowest BCUT2D eigenvalue weighted by atomic mass is 9.89. The number of carbonyl (C=O) groups is 2. The SMILES string of the molecule is CNC(=O)C1(C)CCN(C(=O)C(C)N)C1. The van der Waals surface area contributed by atoms with E-state index in [1.165, 1.54) is 0 Å². The maximum atomic E-state index is 11.6. The molecule has 0 aliphatic carbocycles. The fraction of sp³-hybridized carbons (Fsp3) is 0.800. The predicted molar refractivity (Wildman–Crippen MR) is 57.0 cm³/mol. The number of likely N-dealkylation sites (tertiary alicyclic amines) is 1. The zero-order valence-corrected chi connectivity index (χ0v) is 9.54. The molecule has 15 heavy (non-hydrogen) atoms. The van der Waals surface area contributed by atoms with Crippen LogP contribution in [0.3, 0.4) is 0 Å². The number of amides is 2. The number of hydrogen-bond acceptors (Lipinski definition) is 3. The van der Waals surface area contributed by atoms with Crippen molar-refractivity contribution in [3.05, 3.63) is 0 Å². The minimum Gasteiger partial charge on any atom is -0.359 e. The highest BCUT2D eigenvalue weighted by atomic mass is 16.2. The summed E-state index contributed by atoms with van der Waals surface area (Å²) in [6, 6.07) is -0.489. The third kappa shape index (κ3) is 2.28. The first kappa shape index (κ1) is 12.0. The Hall–Kier alpha value is -1.10. The standard InChI is InChI=1S/C10H19N3O2/c1-7(11)8(14)13-5-4-10(2,6-13)9(15)12-3/h7H,4-6,11H2,1-3H3,(H,12,15). The Morgan fingerprint density at radius 3 is 2.60 bits per heavy atom. The Kier molecular flexibility index (Phi) is 3.34. The van der Waals surface area contributed by atoms with Gasteiger partial charge in [0.25, 0.3) is 0 Å². The van der Waals surface area contributed by atoms with Crippen molar-refractivity contribution in [1.82, 2.24) is 10.2 Å². The largest absolute Gasteiger partial charge is 0.359 e. The zero-order valence-electron chi connectivity index (χ0n) is 9.54. The average molecular weight is 213 g/mol. The van der Waals surface area contributed by atoms with Gasteiger partial charge in [-0.05, 0) is 20.3 Å². The van der Waals surface area contributed by atoms with Gasteiger partial charge in [0.1, 0.15) is 0 Å². The van der Waals surface area contributed by atoms with E-state index in [9.17, 15) is 9.59 Å². The van der Waals surface area contributed by atoms with E-state index in [1.54, 1.807) is 18.9 Å². The number of carbonyl (C=O) groups excluding carboxylic acids is 2.